The van der Waals surface area contributed by atoms with Crippen LogP contribution < -0.4 is 21.3 Å². The summed E-state index contributed by atoms with van der Waals surface area (Å²) < 4.78 is 5.36. The van der Waals surface area contributed by atoms with Gasteiger partial charge in [-0.1, -0.05) is 76.6 Å². The highest BCUT2D eigenvalue weighted by Gasteiger charge is 2.32. The topological polar surface area (TPSA) is 215 Å². The van der Waals surface area contributed by atoms with Gasteiger partial charge in [0.25, 0.3) is 0 Å². The molecule has 8 N–H and O–H groups in total. The quantitative estimate of drug-likeness (QED) is 0.0864. The summed E-state index contributed by atoms with van der Waals surface area (Å²) in [6, 6.07) is 11.5. The number of carbonyl (C=O) groups excluding carboxylic acids is 4. The number of phenolic OH excluding ortho intramolecular Hbond substituents is 1. The van der Waals surface area contributed by atoms with Crippen LogP contribution in [0.4, 0.5) is 4.79 Å². The maximum Gasteiger partial charge on any atom is 0.408 e. The normalized spacial score (nSPS) is 14.7. The number of aliphatic hydroxyl groups excluding tert-OH is 2. The zero-order valence-electron chi connectivity index (χ0n) is 29.7. The molecule has 1 heterocycles. The lowest BCUT2D eigenvalue weighted by atomic mass is 9.95. The van der Waals surface area contributed by atoms with E-state index in [0.29, 0.717) is 17.7 Å². The molecule has 0 aliphatic heterocycles. The van der Waals surface area contributed by atoms with Crippen LogP contribution in [0.2, 0.25) is 0 Å². The Morgan fingerprint density at radius 2 is 1.51 bits per heavy atom. The number of phenols is 1. The fraction of sp³-hybridized carbons (Fsp3) is 0.486. The molecule has 3 aromatic rings. The van der Waals surface area contributed by atoms with E-state index in [4.69, 9.17) is 4.74 Å². The van der Waals surface area contributed by atoms with Gasteiger partial charge in [-0.2, -0.15) is 0 Å². The fourth-order valence-electron chi connectivity index (χ4n) is 5.44. The number of nitrogens with one attached hydrogen (secondary N) is 5. The van der Waals surface area contributed by atoms with Crippen molar-refractivity contribution in [3.8, 4) is 5.75 Å². The standard InChI is InChI=1S/C37H52N6O8/c1-5-24(4)32(20-44)40-34(47)18-33(46)29(15-23(2)3)41-36(49)31(17-27-19-38-22-39-27)42-35(48)30(16-25-11-13-28(45)14-12-25)43-37(50)51-21-26-9-7-6-8-10-26/h6-14,19,22-24,29-33,44-46H,5,15-18,20-21H2,1-4H3,(H,38,39)(H,40,47)(H,41,49)(H,42,48)(H,43,50)/t24-,29-,30-,31-,32+,33-/m0/s1. The van der Waals surface area contributed by atoms with Crippen LogP contribution in [0.25, 0.3) is 0 Å². The van der Waals surface area contributed by atoms with E-state index in [1.807, 2.05) is 45.9 Å². The van der Waals surface area contributed by atoms with Crippen molar-refractivity contribution in [3.05, 3.63) is 83.9 Å². The Balaban J connectivity index is 1.79. The number of amides is 4. The van der Waals surface area contributed by atoms with Gasteiger partial charge in [0.2, 0.25) is 17.7 Å². The Labute approximate surface area is 298 Å². The molecule has 51 heavy (non-hydrogen) atoms. The third kappa shape index (κ3) is 14.1. The van der Waals surface area contributed by atoms with Crippen LogP contribution in [0.3, 0.4) is 0 Å². The van der Waals surface area contributed by atoms with Crippen molar-refractivity contribution >= 4 is 23.8 Å². The lowest BCUT2D eigenvalue weighted by Crippen LogP contribution is -2.57. The van der Waals surface area contributed by atoms with E-state index in [1.165, 1.54) is 24.7 Å². The van der Waals surface area contributed by atoms with Crippen molar-refractivity contribution in [2.45, 2.75) is 96.7 Å². The molecule has 0 unspecified atom stereocenters. The monoisotopic (exact) mass is 708 g/mol. The number of aromatic amines is 1. The average molecular weight is 709 g/mol. The first-order chi connectivity index (χ1) is 24.4. The number of H-pyrrole nitrogens is 1. The van der Waals surface area contributed by atoms with Crippen molar-refractivity contribution in [1.29, 1.82) is 0 Å². The van der Waals surface area contributed by atoms with Crippen LogP contribution in [0, 0.1) is 11.8 Å². The lowest BCUT2D eigenvalue weighted by molar-refractivity contribution is -0.131. The number of alkyl carbamates (subject to hydrolysis) is 1. The third-order valence-electron chi connectivity index (χ3n) is 8.60. The largest absolute Gasteiger partial charge is 0.508 e. The zero-order chi connectivity index (χ0) is 37.3. The van der Waals surface area contributed by atoms with E-state index < -0.39 is 54.1 Å². The van der Waals surface area contributed by atoms with Crippen molar-refractivity contribution in [2.24, 2.45) is 11.8 Å². The second-order valence-electron chi connectivity index (χ2n) is 13.2. The van der Waals surface area contributed by atoms with Gasteiger partial charge in [-0.25, -0.2) is 9.78 Å². The first-order valence-electron chi connectivity index (χ1n) is 17.3. The van der Waals surface area contributed by atoms with Gasteiger partial charge in [-0.15, -0.1) is 0 Å². The maximum atomic E-state index is 13.9. The molecule has 278 valence electrons. The van der Waals surface area contributed by atoms with Crippen LogP contribution in [-0.2, 0) is 38.6 Å². The molecule has 4 amide bonds. The van der Waals surface area contributed by atoms with Crippen LogP contribution in [0.5, 0.6) is 5.75 Å². The summed E-state index contributed by atoms with van der Waals surface area (Å²) in [6.45, 7) is 7.41. The molecule has 14 nitrogen and oxygen atoms in total. The Kier molecular flexibility index (Phi) is 16.4. The molecular weight excluding hydrogens is 656 g/mol. The number of benzene rings is 2. The molecule has 6 atom stereocenters. The highest BCUT2D eigenvalue weighted by atomic mass is 16.5. The second kappa shape index (κ2) is 20.7. The molecule has 2 aromatic carbocycles. The van der Waals surface area contributed by atoms with Crippen LogP contribution in [0.15, 0.2) is 67.1 Å². The number of carbonyl (C=O) groups is 4. The van der Waals surface area contributed by atoms with Gasteiger partial charge < -0.3 is 46.3 Å². The Bertz CT molecular complexity index is 1500. The predicted octanol–water partition coefficient (Wildman–Crippen LogP) is 2.49. The highest BCUT2D eigenvalue weighted by Crippen LogP contribution is 2.15. The molecular formula is C37H52N6O8. The predicted molar refractivity (Wildman–Crippen MR) is 190 cm³/mol. The minimum Gasteiger partial charge on any atom is -0.508 e. The van der Waals surface area contributed by atoms with E-state index in [1.54, 1.807) is 24.3 Å². The van der Waals surface area contributed by atoms with Gasteiger partial charge in [0.05, 0.1) is 37.5 Å². The average Bonchev–Trinajstić information content (AvgIpc) is 3.62. The number of aliphatic hydroxyl groups is 2. The van der Waals surface area contributed by atoms with E-state index >= 15 is 0 Å². The molecule has 0 aliphatic rings. The maximum absolute atomic E-state index is 13.9. The summed E-state index contributed by atoms with van der Waals surface area (Å²) in [5, 5.41) is 41.6. The number of ether oxygens (including phenoxy) is 1. The SMILES string of the molecule is CC[C@H](C)[C@@H](CO)NC(=O)C[C@H](O)[C@H](CC(C)C)NC(=O)[C@H](Cc1cnc[nH]1)NC(=O)[C@H](Cc1ccc(O)cc1)NC(=O)OCc1ccccc1. The van der Waals surface area contributed by atoms with Crippen LogP contribution in [-0.4, -0.2) is 86.0 Å². The summed E-state index contributed by atoms with van der Waals surface area (Å²) in [7, 11) is 0. The second-order valence-corrected chi connectivity index (χ2v) is 13.2. The first kappa shape index (κ1) is 40.5. The molecule has 0 saturated carbocycles. The summed E-state index contributed by atoms with van der Waals surface area (Å²) in [5.41, 5.74) is 1.92. The number of hydrogen-bond acceptors (Lipinski definition) is 9. The molecule has 0 fully saturated rings. The zero-order valence-corrected chi connectivity index (χ0v) is 29.7. The Morgan fingerprint density at radius 1 is 0.843 bits per heavy atom. The smallest absolute Gasteiger partial charge is 0.408 e. The number of rotatable bonds is 20. The number of aromatic nitrogens is 2. The highest BCUT2D eigenvalue weighted by molar-refractivity contribution is 5.91. The molecule has 3 rings (SSSR count). The summed E-state index contributed by atoms with van der Waals surface area (Å²) in [5.74, 6) is -1.68. The van der Waals surface area contributed by atoms with Gasteiger partial charge in [0.1, 0.15) is 24.4 Å². The lowest BCUT2D eigenvalue weighted by Gasteiger charge is -2.29. The number of imidazole rings is 1. The van der Waals surface area contributed by atoms with Gasteiger partial charge in [0.15, 0.2) is 0 Å². The minimum absolute atomic E-state index is 0.0000222. The molecule has 0 aliphatic carbocycles. The Hall–Kier alpha value is -4.95. The van der Waals surface area contributed by atoms with E-state index in [-0.39, 0.29) is 50.1 Å². The third-order valence-corrected chi connectivity index (χ3v) is 8.60. The number of hydrogen-bond donors (Lipinski definition) is 8. The number of aromatic hydroxyl groups is 1. The molecule has 14 heteroatoms. The summed E-state index contributed by atoms with van der Waals surface area (Å²) in [6.07, 6.45) is 1.61. The van der Waals surface area contributed by atoms with Crippen molar-refractivity contribution in [1.82, 2.24) is 31.2 Å². The van der Waals surface area contributed by atoms with Crippen LogP contribution in [0.1, 0.15) is 63.8 Å². The van der Waals surface area contributed by atoms with Gasteiger partial charge >= 0.3 is 6.09 Å². The van der Waals surface area contributed by atoms with Gasteiger partial charge in [-0.05, 0) is 41.5 Å². The molecule has 0 bridgehead atoms. The van der Waals surface area contributed by atoms with Crippen molar-refractivity contribution in [2.75, 3.05) is 6.61 Å². The van der Waals surface area contributed by atoms with E-state index in [2.05, 4.69) is 31.2 Å². The van der Waals surface area contributed by atoms with Crippen molar-refractivity contribution < 1.29 is 39.2 Å². The fourth-order valence-corrected chi connectivity index (χ4v) is 5.44. The molecule has 1 aromatic heterocycles. The summed E-state index contributed by atoms with van der Waals surface area (Å²) in [4.78, 5) is 60.4. The summed E-state index contributed by atoms with van der Waals surface area (Å²) >= 11 is 0. The van der Waals surface area contributed by atoms with Crippen LogP contribution >= 0.6 is 0 Å². The van der Waals surface area contributed by atoms with Crippen molar-refractivity contribution in [3.63, 3.8) is 0 Å². The van der Waals surface area contributed by atoms with E-state index in [9.17, 15) is 34.5 Å². The first-order valence-corrected chi connectivity index (χ1v) is 17.3. The molecule has 0 radical (unpaired) electrons. The minimum atomic E-state index is -1.26. The van der Waals surface area contributed by atoms with Gasteiger partial charge in [0, 0.05) is 24.7 Å². The van der Waals surface area contributed by atoms with E-state index in [0.717, 1.165) is 12.0 Å². The number of nitrogens with zero attached hydrogens (tertiary/aromatic N) is 1. The molecule has 0 saturated heterocycles. The molecule has 0 spiro atoms. The Morgan fingerprint density at radius 3 is 2.12 bits per heavy atom. The van der Waals surface area contributed by atoms with Gasteiger partial charge in [-0.3, -0.25) is 14.4 Å².